The molecule has 1 aromatic carbocycles. The van der Waals surface area contributed by atoms with E-state index in [1.54, 1.807) is 0 Å². The number of benzene rings is 1. The lowest BCUT2D eigenvalue weighted by Gasteiger charge is -2.10. The maximum atomic E-state index is 11.5. The molecule has 0 unspecified atom stereocenters. The van der Waals surface area contributed by atoms with Crippen molar-refractivity contribution in [2.75, 3.05) is 18.4 Å². The van der Waals surface area contributed by atoms with Gasteiger partial charge in [-0.3, -0.25) is 4.79 Å². The van der Waals surface area contributed by atoms with Crippen LogP contribution in [0.4, 0.5) is 5.69 Å². The summed E-state index contributed by atoms with van der Waals surface area (Å²) in [4.78, 5) is 11.5. The molecule has 17 heavy (non-hydrogen) atoms. The molecule has 0 saturated heterocycles. The van der Waals surface area contributed by atoms with Crippen LogP contribution in [-0.4, -0.2) is 19.0 Å². The van der Waals surface area contributed by atoms with Crippen molar-refractivity contribution in [1.82, 2.24) is 5.32 Å². The van der Waals surface area contributed by atoms with Gasteiger partial charge in [0.1, 0.15) is 0 Å². The van der Waals surface area contributed by atoms with Crippen LogP contribution in [0.5, 0.6) is 0 Å². The third-order valence-corrected chi connectivity index (χ3v) is 2.38. The molecule has 1 amide bonds. The van der Waals surface area contributed by atoms with Crippen molar-refractivity contribution in [1.29, 1.82) is 0 Å². The van der Waals surface area contributed by atoms with Gasteiger partial charge in [0.25, 0.3) is 0 Å². The molecule has 0 aromatic heterocycles. The van der Waals surface area contributed by atoms with E-state index in [1.165, 1.54) is 11.1 Å². The Morgan fingerprint density at radius 3 is 2.29 bits per heavy atom. The van der Waals surface area contributed by atoms with E-state index in [0.717, 1.165) is 12.2 Å². The number of rotatable bonds is 5. The second-order valence-corrected chi connectivity index (χ2v) is 4.93. The van der Waals surface area contributed by atoms with Crippen molar-refractivity contribution in [3.63, 3.8) is 0 Å². The van der Waals surface area contributed by atoms with E-state index in [4.69, 9.17) is 0 Å². The van der Waals surface area contributed by atoms with Crippen LogP contribution in [0, 0.1) is 19.8 Å². The summed E-state index contributed by atoms with van der Waals surface area (Å²) in [5, 5.41) is 6.02. The second-order valence-electron chi connectivity index (χ2n) is 4.93. The molecule has 0 aliphatic carbocycles. The fraction of sp³-hybridized carbons (Fsp3) is 0.500. The molecule has 94 valence electrons. The fourth-order valence-corrected chi connectivity index (χ4v) is 1.64. The highest BCUT2D eigenvalue weighted by atomic mass is 16.1. The lowest BCUT2D eigenvalue weighted by molar-refractivity contribution is -0.119. The highest BCUT2D eigenvalue weighted by Gasteiger charge is 2.02. The van der Waals surface area contributed by atoms with Gasteiger partial charge in [-0.05, 0) is 43.0 Å². The van der Waals surface area contributed by atoms with Crippen LogP contribution < -0.4 is 10.6 Å². The fourth-order valence-electron chi connectivity index (χ4n) is 1.64. The summed E-state index contributed by atoms with van der Waals surface area (Å²) in [5.74, 6) is 0.526. The molecule has 0 bridgehead atoms. The third-order valence-electron chi connectivity index (χ3n) is 2.38. The monoisotopic (exact) mass is 234 g/mol. The standard InChI is InChI=1S/C14H22N2O/c1-10(2)8-16-14(17)9-15-13-6-11(3)5-12(4)7-13/h5-7,10,15H,8-9H2,1-4H3,(H,16,17). The first-order valence-electron chi connectivity index (χ1n) is 6.06. The van der Waals surface area contributed by atoms with Gasteiger partial charge >= 0.3 is 0 Å². The zero-order valence-corrected chi connectivity index (χ0v) is 11.1. The van der Waals surface area contributed by atoms with Crippen molar-refractivity contribution < 1.29 is 4.79 Å². The molecule has 0 saturated carbocycles. The highest BCUT2D eigenvalue weighted by Crippen LogP contribution is 2.13. The van der Waals surface area contributed by atoms with E-state index in [-0.39, 0.29) is 5.91 Å². The van der Waals surface area contributed by atoms with E-state index in [2.05, 4.69) is 44.4 Å². The van der Waals surface area contributed by atoms with E-state index in [9.17, 15) is 4.79 Å². The summed E-state index contributed by atoms with van der Waals surface area (Å²) >= 11 is 0. The Labute approximate surface area is 104 Å². The zero-order chi connectivity index (χ0) is 12.8. The van der Waals surface area contributed by atoms with Crippen LogP contribution in [0.3, 0.4) is 0 Å². The molecule has 1 rings (SSSR count). The van der Waals surface area contributed by atoms with Gasteiger partial charge in [-0.2, -0.15) is 0 Å². The summed E-state index contributed by atoms with van der Waals surface area (Å²) in [7, 11) is 0. The summed E-state index contributed by atoms with van der Waals surface area (Å²) in [5.41, 5.74) is 3.41. The maximum Gasteiger partial charge on any atom is 0.239 e. The Morgan fingerprint density at radius 1 is 1.18 bits per heavy atom. The van der Waals surface area contributed by atoms with Crippen LogP contribution >= 0.6 is 0 Å². The van der Waals surface area contributed by atoms with Crippen LogP contribution in [0.25, 0.3) is 0 Å². The van der Waals surface area contributed by atoms with Crippen LogP contribution in [0.2, 0.25) is 0 Å². The molecule has 1 aromatic rings. The number of carbonyl (C=O) groups is 1. The Hall–Kier alpha value is -1.51. The molecule has 0 aliphatic rings. The molecule has 2 N–H and O–H groups in total. The molecule has 0 radical (unpaired) electrons. The smallest absolute Gasteiger partial charge is 0.239 e. The Balaban J connectivity index is 2.42. The van der Waals surface area contributed by atoms with Gasteiger partial charge in [0.05, 0.1) is 6.54 Å². The van der Waals surface area contributed by atoms with Crippen LogP contribution in [0.1, 0.15) is 25.0 Å². The van der Waals surface area contributed by atoms with Gasteiger partial charge in [-0.15, -0.1) is 0 Å². The van der Waals surface area contributed by atoms with Gasteiger partial charge in [-0.25, -0.2) is 0 Å². The SMILES string of the molecule is Cc1cc(C)cc(NCC(=O)NCC(C)C)c1. The van der Waals surface area contributed by atoms with E-state index < -0.39 is 0 Å². The normalized spacial score (nSPS) is 10.4. The number of nitrogens with one attached hydrogen (secondary N) is 2. The lowest BCUT2D eigenvalue weighted by atomic mass is 10.1. The number of hydrogen-bond donors (Lipinski definition) is 2. The molecule has 3 nitrogen and oxygen atoms in total. The number of anilines is 1. The van der Waals surface area contributed by atoms with Crippen LogP contribution in [0.15, 0.2) is 18.2 Å². The predicted octanol–water partition coefficient (Wildman–Crippen LogP) is 2.49. The van der Waals surface area contributed by atoms with Crippen molar-refractivity contribution in [2.24, 2.45) is 5.92 Å². The molecule has 3 heteroatoms. The first-order chi connectivity index (χ1) is 7.97. The minimum absolute atomic E-state index is 0.0397. The lowest BCUT2D eigenvalue weighted by Crippen LogP contribution is -2.32. The largest absolute Gasteiger partial charge is 0.376 e. The first kappa shape index (κ1) is 13.6. The van der Waals surface area contributed by atoms with E-state index in [0.29, 0.717) is 12.5 Å². The van der Waals surface area contributed by atoms with E-state index in [1.807, 2.05) is 12.1 Å². The predicted molar refractivity (Wildman–Crippen MR) is 72.3 cm³/mol. The van der Waals surface area contributed by atoms with E-state index >= 15 is 0 Å². The molecule has 0 spiro atoms. The molecule has 0 atom stereocenters. The zero-order valence-electron chi connectivity index (χ0n) is 11.1. The summed E-state index contributed by atoms with van der Waals surface area (Å²) in [6, 6.07) is 6.20. The summed E-state index contributed by atoms with van der Waals surface area (Å²) in [6.45, 7) is 9.33. The summed E-state index contributed by atoms with van der Waals surface area (Å²) < 4.78 is 0. The first-order valence-corrected chi connectivity index (χ1v) is 6.06. The van der Waals surface area contributed by atoms with Gasteiger partial charge < -0.3 is 10.6 Å². The molecular weight excluding hydrogens is 212 g/mol. The maximum absolute atomic E-state index is 11.5. The van der Waals surface area contributed by atoms with Gasteiger partial charge in [0.2, 0.25) is 5.91 Å². The molecule has 0 fully saturated rings. The van der Waals surface area contributed by atoms with Gasteiger partial charge in [-0.1, -0.05) is 19.9 Å². The summed E-state index contributed by atoms with van der Waals surface area (Å²) in [6.07, 6.45) is 0. The minimum Gasteiger partial charge on any atom is -0.376 e. The number of hydrogen-bond acceptors (Lipinski definition) is 2. The van der Waals surface area contributed by atoms with Crippen molar-refractivity contribution >= 4 is 11.6 Å². The molecule has 0 aliphatic heterocycles. The van der Waals surface area contributed by atoms with Crippen molar-refractivity contribution in [2.45, 2.75) is 27.7 Å². The third kappa shape index (κ3) is 5.38. The minimum atomic E-state index is 0.0397. The quantitative estimate of drug-likeness (QED) is 0.822. The van der Waals surface area contributed by atoms with Gasteiger partial charge in [0, 0.05) is 12.2 Å². The topological polar surface area (TPSA) is 41.1 Å². The second kappa shape index (κ2) is 6.28. The Morgan fingerprint density at radius 2 is 1.76 bits per heavy atom. The number of amides is 1. The van der Waals surface area contributed by atoms with Crippen molar-refractivity contribution in [3.05, 3.63) is 29.3 Å². The number of carbonyl (C=O) groups excluding carboxylic acids is 1. The molecule has 0 heterocycles. The average molecular weight is 234 g/mol. The molecular formula is C14H22N2O. The van der Waals surface area contributed by atoms with Crippen molar-refractivity contribution in [3.8, 4) is 0 Å². The van der Waals surface area contributed by atoms with Crippen LogP contribution in [-0.2, 0) is 4.79 Å². The number of aryl methyl sites for hydroxylation is 2. The average Bonchev–Trinajstić information content (AvgIpc) is 2.22. The Kier molecular flexibility index (Phi) is 5.01. The Bertz CT molecular complexity index is 366. The van der Waals surface area contributed by atoms with Gasteiger partial charge in [0.15, 0.2) is 0 Å². The highest BCUT2D eigenvalue weighted by molar-refractivity contribution is 5.80.